The van der Waals surface area contributed by atoms with Crippen LogP contribution in [-0.2, 0) is 0 Å². The zero-order valence-corrected chi connectivity index (χ0v) is 14.6. The largest absolute Gasteiger partial charge is 0.507 e. The molecule has 0 amide bonds. The molecular weight excluding hydrogens is 356 g/mol. The van der Waals surface area contributed by atoms with Gasteiger partial charge in [-0.2, -0.15) is 9.83 Å². The van der Waals surface area contributed by atoms with Gasteiger partial charge in [0.25, 0.3) is 0 Å². The third kappa shape index (κ3) is 2.92. The van der Waals surface area contributed by atoms with Crippen LogP contribution in [0.1, 0.15) is 11.3 Å². The zero-order valence-electron chi connectivity index (χ0n) is 14.6. The average molecular weight is 372 g/mol. The van der Waals surface area contributed by atoms with Crippen molar-refractivity contribution in [1.82, 2.24) is 9.71 Å². The van der Waals surface area contributed by atoms with E-state index in [-0.39, 0.29) is 22.8 Å². The lowest BCUT2D eigenvalue weighted by Crippen LogP contribution is -2.31. The molecule has 8 heteroatoms. The van der Waals surface area contributed by atoms with Gasteiger partial charge in [0.15, 0.2) is 17.0 Å². The Bertz CT molecular complexity index is 1320. The Morgan fingerprint density at radius 1 is 1.07 bits per heavy atom. The summed E-state index contributed by atoms with van der Waals surface area (Å²) in [5.74, 6) is -0.0658. The predicted octanol–water partition coefficient (Wildman–Crippen LogP) is 2.35. The number of aromatic nitrogens is 2. The Hall–Kier alpha value is -4.20. The number of nitrogens with zero attached hydrogens (tertiary/aromatic N) is 4. The lowest BCUT2D eigenvalue weighted by Gasteiger charge is -2.07. The van der Waals surface area contributed by atoms with Gasteiger partial charge in [0.1, 0.15) is 11.3 Å². The van der Waals surface area contributed by atoms with Crippen molar-refractivity contribution in [2.45, 2.75) is 0 Å². The number of benzene rings is 3. The van der Waals surface area contributed by atoms with Crippen LogP contribution in [0.5, 0.6) is 5.75 Å². The molecule has 0 saturated carbocycles. The van der Waals surface area contributed by atoms with Gasteiger partial charge in [-0.1, -0.05) is 42.5 Å². The number of nitrogens with one attached hydrogen (secondary N) is 1. The number of phenols is 1. The maximum absolute atomic E-state index is 10.2. The number of aromatic hydroxyl groups is 1. The first-order valence-electron chi connectivity index (χ1n) is 8.39. The first kappa shape index (κ1) is 17.2. The van der Waals surface area contributed by atoms with E-state index in [1.54, 1.807) is 30.3 Å². The van der Waals surface area contributed by atoms with Crippen LogP contribution < -0.4 is 11.2 Å². The van der Waals surface area contributed by atoms with E-state index in [2.05, 4.69) is 15.2 Å². The summed E-state index contributed by atoms with van der Waals surface area (Å²) in [6.07, 6.45) is 1.39. The summed E-state index contributed by atoms with van der Waals surface area (Å²) >= 11 is 0. The van der Waals surface area contributed by atoms with Gasteiger partial charge in [-0.3, -0.25) is 5.41 Å². The summed E-state index contributed by atoms with van der Waals surface area (Å²) < 4.78 is 0.695. The second kappa shape index (κ2) is 6.84. The fraction of sp³-hybridized carbons (Fsp3) is 0. The van der Waals surface area contributed by atoms with Crippen molar-refractivity contribution in [2.75, 3.05) is 0 Å². The van der Waals surface area contributed by atoms with Crippen molar-refractivity contribution in [3.8, 4) is 5.75 Å². The standard InChI is InChI=1S/C20H16N6O2/c21-19(18-20(22)26(28)16-8-4-3-7-15(16)24-18)25-23-11-14-13-6-2-1-5-12(13)9-10-17(14)27/h1-11,22,27-28H,(H2,21,25)/b22-20?,23-11+. The first-order valence-corrected chi connectivity index (χ1v) is 8.39. The highest BCUT2D eigenvalue weighted by molar-refractivity contribution is 6.03. The second-order valence-corrected chi connectivity index (χ2v) is 6.06. The maximum Gasteiger partial charge on any atom is 0.191 e. The van der Waals surface area contributed by atoms with E-state index in [1.165, 1.54) is 6.21 Å². The maximum atomic E-state index is 10.2. The molecule has 4 aromatic rings. The van der Waals surface area contributed by atoms with Gasteiger partial charge >= 0.3 is 0 Å². The summed E-state index contributed by atoms with van der Waals surface area (Å²) in [6.45, 7) is 0. The average Bonchev–Trinajstić information content (AvgIpc) is 2.72. The quantitative estimate of drug-likeness (QED) is 0.190. The van der Waals surface area contributed by atoms with E-state index in [0.717, 1.165) is 10.8 Å². The minimum atomic E-state index is -0.303. The van der Waals surface area contributed by atoms with Crippen LogP contribution in [0.15, 0.2) is 70.9 Å². The molecule has 1 aromatic heterocycles. The molecule has 0 fully saturated rings. The number of rotatable bonds is 3. The van der Waals surface area contributed by atoms with E-state index < -0.39 is 0 Å². The third-order valence-corrected chi connectivity index (χ3v) is 4.32. The van der Waals surface area contributed by atoms with Gasteiger partial charge < -0.3 is 16.0 Å². The van der Waals surface area contributed by atoms with Crippen LogP contribution in [0.3, 0.4) is 0 Å². The van der Waals surface area contributed by atoms with Gasteiger partial charge in [-0.25, -0.2) is 4.98 Å². The van der Waals surface area contributed by atoms with Crippen molar-refractivity contribution in [1.29, 1.82) is 5.41 Å². The molecule has 0 spiro atoms. The molecule has 0 atom stereocenters. The van der Waals surface area contributed by atoms with Crippen LogP contribution in [0.25, 0.3) is 21.8 Å². The molecule has 138 valence electrons. The summed E-state index contributed by atoms with van der Waals surface area (Å²) in [5, 5.41) is 37.9. The number of para-hydroxylation sites is 2. The van der Waals surface area contributed by atoms with Crippen LogP contribution >= 0.6 is 0 Å². The Morgan fingerprint density at radius 3 is 2.68 bits per heavy atom. The highest BCUT2D eigenvalue weighted by Crippen LogP contribution is 2.25. The monoisotopic (exact) mass is 372 g/mol. The van der Waals surface area contributed by atoms with Gasteiger partial charge in [0.05, 0.1) is 11.7 Å². The van der Waals surface area contributed by atoms with Gasteiger partial charge in [-0.05, 0) is 29.0 Å². The highest BCUT2D eigenvalue weighted by atomic mass is 16.5. The molecule has 1 heterocycles. The third-order valence-electron chi connectivity index (χ3n) is 4.32. The summed E-state index contributed by atoms with van der Waals surface area (Å²) in [4.78, 5) is 4.28. The van der Waals surface area contributed by atoms with Crippen molar-refractivity contribution in [3.63, 3.8) is 0 Å². The SMILES string of the molecule is N=c1c(C(N)=N/N=C/c2c(O)ccc3ccccc23)nc2ccccc2n1O. The molecule has 0 unspecified atom stereocenters. The summed E-state index contributed by atoms with van der Waals surface area (Å²) in [6, 6.07) is 17.8. The number of amidine groups is 1. The molecule has 0 aliphatic rings. The molecule has 5 N–H and O–H groups in total. The molecule has 3 aromatic carbocycles. The molecule has 0 radical (unpaired) electrons. The number of phenolic OH excluding ortho intramolecular Hbond substituents is 1. The molecular formula is C20H16N6O2. The minimum Gasteiger partial charge on any atom is -0.507 e. The normalized spacial score (nSPS) is 12.2. The first-order chi connectivity index (χ1) is 13.6. The molecule has 4 rings (SSSR count). The molecule has 0 aliphatic carbocycles. The van der Waals surface area contributed by atoms with Crippen LogP contribution in [-0.4, -0.2) is 32.1 Å². The molecule has 0 bridgehead atoms. The summed E-state index contributed by atoms with van der Waals surface area (Å²) in [5.41, 5.74) is 6.98. The van der Waals surface area contributed by atoms with Crippen LogP contribution in [0, 0.1) is 5.41 Å². The van der Waals surface area contributed by atoms with E-state index in [0.29, 0.717) is 21.3 Å². The lowest BCUT2D eigenvalue weighted by atomic mass is 10.0. The van der Waals surface area contributed by atoms with E-state index in [1.807, 2.05) is 30.3 Å². The smallest absolute Gasteiger partial charge is 0.191 e. The van der Waals surface area contributed by atoms with Crippen molar-refractivity contribution >= 4 is 33.9 Å². The minimum absolute atomic E-state index is 0.000455. The number of nitrogens with two attached hydrogens (primary N) is 1. The van der Waals surface area contributed by atoms with Crippen LogP contribution in [0.2, 0.25) is 0 Å². The Balaban J connectivity index is 1.75. The van der Waals surface area contributed by atoms with Gasteiger partial charge in [0, 0.05) is 5.56 Å². The zero-order chi connectivity index (χ0) is 19.7. The molecule has 0 aliphatic heterocycles. The van der Waals surface area contributed by atoms with Crippen LogP contribution in [0.4, 0.5) is 0 Å². The summed E-state index contributed by atoms with van der Waals surface area (Å²) in [7, 11) is 0. The number of fused-ring (bicyclic) bond motifs is 2. The van der Waals surface area contributed by atoms with Crippen molar-refractivity contribution in [3.05, 3.63) is 77.4 Å². The highest BCUT2D eigenvalue weighted by Gasteiger charge is 2.11. The van der Waals surface area contributed by atoms with Gasteiger partial charge in [-0.15, -0.1) is 5.10 Å². The Labute approximate surface area is 159 Å². The van der Waals surface area contributed by atoms with Crippen molar-refractivity contribution < 1.29 is 10.3 Å². The topological polar surface area (TPSA) is 133 Å². The number of hydrogen-bond donors (Lipinski definition) is 4. The molecule has 28 heavy (non-hydrogen) atoms. The molecule has 0 saturated heterocycles. The lowest BCUT2D eigenvalue weighted by molar-refractivity contribution is 0.183. The van der Waals surface area contributed by atoms with Crippen molar-refractivity contribution in [2.24, 2.45) is 15.9 Å². The predicted molar refractivity (Wildman–Crippen MR) is 107 cm³/mol. The second-order valence-electron chi connectivity index (χ2n) is 6.06. The Kier molecular flexibility index (Phi) is 4.21. The fourth-order valence-corrected chi connectivity index (χ4v) is 2.93. The Morgan fingerprint density at radius 2 is 1.82 bits per heavy atom. The fourth-order valence-electron chi connectivity index (χ4n) is 2.93. The van der Waals surface area contributed by atoms with E-state index in [4.69, 9.17) is 11.1 Å². The molecule has 8 nitrogen and oxygen atoms in total. The van der Waals surface area contributed by atoms with E-state index in [9.17, 15) is 10.3 Å². The van der Waals surface area contributed by atoms with Gasteiger partial charge in [0.2, 0.25) is 0 Å². The number of hydrogen-bond acceptors (Lipinski definition) is 6. The van der Waals surface area contributed by atoms with E-state index >= 15 is 0 Å².